The fourth-order valence-electron chi connectivity index (χ4n) is 1.52. The summed E-state index contributed by atoms with van der Waals surface area (Å²) in [7, 11) is 1.43. The van der Waals surface area contributed by atoms with Crippen molar-refractivity contribution in [3.8, 4) is 5.75 Å². The molecular formula is C8H7BNO4. The number of phenols is 1. The van der Waals surface area contributed by atoms with E-state index >= 15 is 0 Å². The molecule has 14 heavy (non-hydrogen) atoms. The molecule has 0 amide bonds. The monoisotopic (exact) mass is 192 g/mol. The van der Waals surface area contributed by atoms with E-state index in [9.17, 15) is 15.2 Å². The van der Waals surface area contributed by atoms with Gasteiger partial charge in [0, 0.05) is 10.5 Å². The summed E-state index contributed by atoms with van der Waals surface area (Å²) in [6, 6.07) is 4.91. The fraction of sp³-hybridized carbons (Fsp3) is 0.250. The number of nitrogens with zero attached hydrogens (tertiary/aromatic N) is 1. The molecule has 1 aliphatic rings. The first-order valence-electron chi connectivity index (χ1n) is 4.11. The summed E-state index contributed by atoms with van der Waals surface area (Å²) in [4.78, 5) is 9.85. The number of fused-ring (bicyclic) bond motifs is 1. The van der Waals surface area contributed by atoms with Gasteiger partial charge in [-0.1, -0.05) is 12.1 Å². The molecule has 1 atom stereocenters. The van der Waals surface area contributed by atoms with Crippen LogP contribution in [0.15, 0.2) is 18.2 Å². The van der Waals surface area contributed by atoms with Gasteiger partial charge in [-0.05, 0) is 11.5 Å². The van der Waals surface area contributed by atoms with E-state index in [4.69, 9.17) is 4.65 Å². The molecule has 0 spiro atoms. The fourth-order valence-corrected chi connectivity index (χ4v) is 1.52. The molecule has 0 aromatic heterocycles. The third-order valence-corrected chi connectivity index (χ3v) is 2.11. The molecule has 1 aliphatic heterocycles. The molecule has 1 unspecified atom stereocenters. The van der Waals surface area contributed by atoms with E-state index in [1.54, 1.807) is 12.1 Å². The zero-order valence-corrected chi connectivity index (χ0v) is 7.21. The maximum Gasteiger partial charge on any atom is 0.331 e. The Balaban J connectivity index is 2.33. The minimum atomic E-state index is -0.666. The van der Waals surface area contributed by atoms with E-state index < -0.39 is 11.0 Å². The molecule has 1 aromatic rings. The standard InChI is InChI=1S/C8H7BNO4/c11-6-3-1-2-5-8(6)7(14-9-5)4-10(12)13/h1-3,7,11H,4H2. The predicted octanol–water partition coefficient (Wildman–Crippen LogP) is -0.0153. The van der Waals surface area contributed by atoms with Gasteiger partial charge >= 0.3 is 7.48 Å². The van der Waals surface area contributed by atoms with Crippen molar-refractivity contribution >= 4 is 12.9 Å². The van der Waals surface area contributed by atoms with Gasteiger partial charge in [0.15, 0.2) is 0 Å². The molecule has 5 nitrogen and oxygen atoms in total. The number of benzene rings is 1. The van der Waals surface area contributed by atoms with Crippen molar-refractivity contribution in [2.45, 2.75) is 6.10 Å². The minimum Gasteiger partial charge on any atom is -0.508 e. The second-order valence-corrected chi connectivity index (χ2v) is 3.04. The van der Waals surface area contributed by atoms with Crippen molar-refractivity contribution in [2.75, 3.05) is 6.54 Å². The van der Waals surface area contributed by atoms with Crippen LogP contribution in [0.2, 0.25) is 0 Å². The van der Waals surface area contributed by atoms with Crippen molar-refractivity contribution in [1.29, 1.82) is 0 Å². The second-order valence-electron chi connectivity index (χ2n) is 3.04. The summed E-state index contributed by atoms with van der Waals surface area (Å²) in [5.41, 5.74) is 1.21. The summed E-state index contributed by atoms with van der Waals surface area (Å²) in [5.74, 6) is 0.0445. The van der Waals surface area contributed by atoms with Crippen LogP contribution in [0.4, 0.5) is 0 Å². The minimum absolute atomic E-state index is 0.0445. The summed E-state index contributed by atoms with van der Waals surface area (Å²) >= 11 is 0. The molecule has 0 saturated heterocycles. The third kappa shape index (κ3) is 1.44. The van der Waals surface area contributed by atoms with E-state index in [1.165, 1.54) is 13.5 Å². The largest absolute Gasteiger partial charge is 0.508 e. The Morgan fingerprint density at radius 3 is 3.14 bits per heavy atom. The van der Waals surface area contributed by atoms with Gasteiger partial charge in [0.2, 0.25) is 6.54 Å². The lowest BCUT2D eigenvalue weighted by Crippen LogP contribution is -2.12. The van der Waals surface area contributed by atoms with Crippen LogP contribution >= 0.6 is 0 Å². The van der Waals surface area contributed by atoms with Crippen LogP contribution in [0.1, 0.15) is 11.7 Å². The van der Waals surface area contributed by atoms with Gasteiger partial charge < -0.3 is 9.76 Å². The third-order valence-electron chi connectivity index (χ3n) is 2.11. The summed E-state index contributed by atoms with van der Waals surface area (Å²) in [5, 5.41) is 19.8. The Labute approximate surface area is 80.7 Å². The topological polar surface area (TPSA) is 72.6 Å². The number of aromatic hydroxyl groups is 1. The summed E-state index contributed by atoms with van der Waals surface area (Å²) in [6.45, 7) is -0.332. The number of hydrogen-bond acceptors (Lipinski definition) is 4. The van der Waals surface area contributed by atoms with Gasteiger partial charge in [-0.15, -0.1) is 0 Å². The SMILES string of the molecule is O=[N+]([O-])CC1O[B]c2cccc(O)c21. The van der Waals surface area contributed by atoms with E-state index in [1.807, 2.05) is 0 Å². The number of phenolic OH excluding ortho intramolecular Hbond substituents is 1. The first-order chi connectivity index (χ1) is 6.68. The van der Waals surface area contributed by atoms with Gasteiger partial charge in [-0.3, -0.25) is 10.1 Å². The van der Waals surface area contributed by atoms with Gasteiger partial charge in [-0.2, -0.15) is 0 Å². The van der Waals surface area contributed by atoms with Crippen molar-refractivity contribution in [3.63, 3.8) is 0 Å². The van der Waals surface area contributed by atoms with E-state index in [2.05, 4.69) is 0 Å². The molecule has 0 aliphatic carbocycles. The van der Waals surface area contributed by atoms with Crippen LogP contribution < -0.4 is 5.46 Å². The molecule has 0 bridgehead atoms. The van der Waals surface area contributed by atoms with Crippen LogP contribution in [-0.4, -0.2) is 24.1 Å². The smallest absolute Gasteiger partial charge is 0.331 e. The zero-order chi connectivity index (χ0) is 10.1. The van der Waals surface area contributed by atoms with Crippen molar-refractivity contribution in [1.82, 2.24) is 0 Å². The Bertz CT molecular complexity index is 382. The maximum atomic E-state index is 10.3. The van der Waals surface area contributed by atoms with E-state index in [0.29, 0.717) is 11.0 Å². The Kier molecular flexibility index (Phi) is 2.13. The first-order valence-corrected chi connectivity index (χ1v) is 4.11. The number of rotatable bonds is 2. The van der Waals surface area contributed by atoms with Crippen LogP contribution in [0.3, 0.4) is 0 Å². The lowest BCUT2D eigenvalue weighted by molar-refractivity contribution is -0.490. The molecule has 1 heterocycles. The second kappa shape index (κ2) is 3.30. The molecule has 0 fully saturated rings. The Morgan fingerprint density at radius 1 is 1.64 bits per heavy atom. The molecule has 71 valence electrons. The van der Waals surface area contributed by atoms with Crippen LogP contribution in [0.25, 0.3) is 0 Å². The maximum absolute atomic E-state index is 10.3. The van der Waals surface area contributed by atoms with E-state index in [0.717, 1.165) is 0 Å². The lowest BCUT2D eigenvalue weighted by atomic mass is 9.86. The highest BCUT2D eigenvalue weighted by Gasteiger charge is 2.30. The molecule has 1 aromatic carbocycles. The highest BCUT2D eigenvalue weighted by atomic mass is 16.6. The number of hydrogen-bond donors (Lipinski definition) is 1. The highest BCUT2D eigenvalue weighted by molar-refractivity contribution is 6.49. The molecule has 2 rings (SSSR count). The zero-order valence-electron chi connectivity index (χ0n) is 7.21. The molecule has 1 radical (unpaired) electrons. The quantitative estimate of drug-likeness (QED) is 0.406. The number of nitro groups is 1. The molecular weight excluding hydrogens is 185 g/mol. The molecule has 0 saturated carbocycles. The van der Waals surface area contributed by atoms with Crippen molar-refractivity contribution in [2.24, 2.45) is 0 Å². The molecule has 6 heteroatoms. The summed E-state index contributed by atoms with van der Waals surface area (Å²) < 4.78 is 5.09. The molecule has 1 N–H and O–H groups in total. The van der Waals surface area contributed by atoms with Gasteiger partial charge in [0.1, 0.15) is 11.9 Å². The van der Waals surface area contributed by atoms with Crippen molar-refractivity contribution < 1.29 is 14.7 Å². The average Bonchev–Trinajstić information content (AvgIpc) is 2.49. The van der Waals surface area contributed by atoms with Crippen molar-refractivity contribution in [3.05, 3.63) is 33.9 Å². The van der Waals surface area contributed by atoms with Gasteiger partial charge in [0.05, 0.1) is 0 Å². The predicted molar refractivity (Wildman–Crippen MR) is 49.2 cm³/mol. The van der Waals surface area contributed by atoms with Gasteiger partial charge in [-0.25, -0.2) is 0 Å². The Hall–Kier alpha value is -1.56. The normalized spacial score (nSPS) is 18.7. The first kappa shape index (κ1) is 9.02. The van der Waals surface area contributed by atoms with Gasteiger partial charge in [0.25, 0.3) is 0 Å². The highest BCUT2D eigenvalue weighted by Crippen LogP contribution is 2.28. The lowest BCUT2D eigenvalue weighted by Gasteiger charge is -2.08. The van der Waals surface area contributed by atoms with Crippen LogP contribution in [0.5, 0.6) is 5.75 Å². The van der Waals surface area contributed by atoms with Crippen LogP contribution in [-0.2, 0) is 4.65 Å². The average molecular weight is 192 g/mol. The Morgan fingerprint density at radius 2 is 2.43 bits per heavy atom. The summed E-state index contributed by atoms with van der Waals surface area (Å²) in [6.07, 6.45) is -0.666. The van der Waals surface area contributed by atoms with Crippen LogP contribution in [0, 0.1) is 10.1 Å². The van der Waals surface area contributed by atoms with E-state index in [-0.39, 0.29) is 12.3 Å².